The standard InChI is InChI=1S/C16H26N6O2S/c1-12-16(14(3)20(5)18-12)25(23,24)22-8-6-21(7-9-22)11-15-10-17-19(4)13(15)2/h10H,6-9,11H2,1-5H3. The molecule has 9 heteroatoms. The van der Waals surface area contributed by atoms with Gasteiger partial charge >= 0.3 is 0 Å². The van der Waals surface area contributed by atoms with Crippen LogP contribution >= 0.6 is 0 Å². The molecule has 138 valence electrons. The molecule has 3 heterocycles. The Morgan fingerprint density at radius 2 is 1.64 bits per heavy atom. The Hall–Kier alpha value is -1.71. The van der Waals surface area contributed by atoms with Gasteiger partial charge < -0.3 is 0 Å². The smallest absolute Gasteiger partial charge is 0.246 e. The van der Waals surface area contributed by atoms with E-state index in [2.05, 4.69) is 22.0 Å². The average Bonchev–Trinajstić information content (AvgIpc) is 3.00. The second kappa shape index (κ2) is 6.54. The van der Waals surface area contributed by atoms with Crippen LogP contribution in [-0.2, 0) is 30.7 Å². The van der Waals surface area contributed by atoms with E-state index >= 15 is 0 Å². The van der Waals surface area contributed by atoms with Crippen molar-refractivity contribution in [1.29, 1.82) is 0 Å². The Kier molecular flexibility index (Phi) is 4.74. The number of sulfonamides is 1. The molecule has 8 nitrogen and oxygen atoms in total. The van der Waals surface area contributed by atoms with Crippen molar-refractivity contribution in [1.82, 2.24) is 28.8 Å². The van der Waals surface area contributed by atoms with Gasteiger partial charge in [-0.15, -0.1) is 0 Å². The lowest BCUT2D eigenvalue weighted by Crippen LogP contribution is -2.48. The number of hydrogen-bond acceptors (Lipinski definition) is 5. The van der Waals surface area contributed by atoms with Crippen molar-refractivity contribution in [2.24, 2.45) is 14.1 Å². The molecule has 0 aromatic carbocycles. The van der Waals surface area contributed by atoms with Crippen molar-refractivity contribution >= 4 is 10.0 Å². The topological polar surface area (TPSA) is 76.3 Å². The molecule has 1 fully saturated rings. The average molecular weight is 366 g/mol. The molecule has 0 aliphatic carbocycles. The molecule has 0 saturated carbocycles. The summed E-state index contributed by atoms with van der Waals surface area (Å²) in [6.45, 7) is 8.83. The molecular formula is C16H26N6O2S. The SMILES string of the molecule is Cc1nn(C)c(C)c1S(=O)(=O)N1CCN(Cc2cnn(C)c2C)CC1. The largest absolute Gasteiger partial charge is 0.296 e. The predicted octanol–water partition coefficient (Wildman–Crippen LogP) is 0.585. The van der Waals surface area contributed by atoms with Gasteiger partial charge in [0.05, 0.1) is 17.6 Å². The zero-order valence-electron chi connectivity index (χ0n) is 15.5. The highest BCUT2D eigenvalue weighted by Crippen LogP contribution is 2.24. The molecule has 0 radical (unpaired) electrons. The fraction of sp³-hybridized carbons (Fsp3) is 0.625. The van der Waals surface area contributed by atoms with E-state index < -0.39 is 10.0 Å². The Labute approximate surface area is 149 Å². The molecule has 0 spiro atoms. The third kappa shape index (κ3) is 3.23. The number of aryl methyl sites for hydroxylation is 3. The van der Waals surface area contributed by atoms with Crippen molar-refractivity contribution in [2.45, 2.75) is 32.2 Å². The van der Waals surface area contributed by atoms with Crippen LogP contribution in [0.5, 0.6) is 0 Å². The maximum absolute atomic E-state index is 13.0. The van der Waals surface area contributed by atoms with Gasteiger partial charge in [-0.2, -0.15) is 14.5 Å². The van der Waals surface area contributed by atoms with Crippen LogP contribution in [0.1, 0.15) is 22.6 Å². The van der Waals surface area contributed by atoms with E-state index in [4.69, 9.17) is 0 Å². The minimum Gasteiger partial charge on any atom is -0.296 e. The molecule has 2 aromatic rings. The zero-order chi connectivity index (χ0) is 18.4. The second-order valence-electron chi connectivity index (χ2n) is 6.68. The zero-order valence-corrected chi connectivity index (χ0v) is 16.3. The predicted molar refractivity (Wildman–Crippen MR) is 94.7 cm³/mol. The number of nitrogens with zero attached hydrogens (tertiary/aromatic N) is 6. The maximum Gasteiger partial charge on any atom is 0.246 e. The van der Waals surface area contributed by atoms with E-state index in [9.17, 15) is 8.42 Å². The third-order valence-electron chi connectivity index (χ3n) is 5.10. The molecule has 0 unspecified atom stereocenters. The molecular weight excluding hydrogens is 340 g/mol. The summed E-state index contributed by atoms with van der Waals surface area (Å²) in [6, 6.07) is 0. The van der Waals surface area contributed by atoms with Gasteiger partial charge in [0.1, 0.15) is 4.90 Å². The summed E-state index contributed by atoms with van der Waals surface area (Å²) >= 11 is 0. The van der Waals surface area contributed by atoms with Crippen LogP contribution in [0.2, 0.25) is 0 Å². The highest BCUT2D eigenvalue weighted by atomic mass is 32.2. The number of aromatic nitrogens is 4. The van der Waals surface area contributed by atoms with Crippen LogP contribution < -0.4 is 0 Å². The van der Waals surface area contributed by atoms with Crippen molar-refractivity contribution in [3.63, 3.8) is 0 Å². The normalized spacial score (nSPS) is 17.3. The maximum atomic E-state index is 13.0. The van der Waals surface area contributed by atoms with Gasteiger partial charge in [0.15, 0.2) is 0 Å². The van der Waals surface area contributed by atoms with Crippen LogP contribution in [0.15, 0.2) is 11.1 Å². The van der Waals surface area contributed by atoms with Crippen molar-refractivity contribution in [2.75, 3.05) is 26.2 Å². The minimum absolute atomic E-state index is 0.353. The molecule has 25 heavy (non-hydrogen) atoms. The summed E-state index contributed by atoms with van der Waals surface area (Å²) in [5, 5.41) is 8.52. The van der Waals surface area contributed by atoms with Crippen molar-refractivity contribution in [3.05, 3.63) is 28.8 Å². The highest BCUT2D eigenvalue weighted by molar-refractivity contribution is 7.89. The summed E-state index contributed by atoms with van der Waals surface area (Å²) in [5.41, 5.74) is 3.59. The lowest BCUT2D eigenvalue weighted by atomic mass is 10.2. The van der Waals surface area contributed by atoms with E-state index in [-0.39, 0.29) is 0 Å². The third-order valence-corrected chi connectivity index (χ3v) is 7.25. The Morgan fingerprint density at radius 3 is 2.12 bits per heavy atom. The van der Waals surface area contributed by atoms with Crippen molar-refractivity contribution in [3.8, 4) is 0 Å². The van der Waals surface area contributed by atoms with Gasteiger partial charge in [0, 0.05) is 58.1 Å². The summed E-state index contributed by atoms with van der Waals surface area (Å²) in [4.78, 5) is 2.63. The quantitative estimate of drug-likeness (QED) is 0.791. The first-order valence-corrected chi connectivity index (χ1v) is 9.86. The van der Waals surface area contributed by atoms with Crippen molar-refractivity contribution < 1.29 is 8.42 Å². The first-order chi connectivity index (χ1) is 11.7. The van der Waals surface area contributed by atoms with Gasteiger partial charge in [-0.3, -0.25) is 14.3 Å². The van der Waals surface area contributed by atoms with E-state index in [0.29, 0.717) is 42.5 Å². The molecule has 1 aliphatic heterocycles. The molecule has 0 bridgehead atoms. The minimum atomic E-state index is -3.50. The fourth-order valence-corrected chi connectivity index (χ4v) is 5.15. The summed E-state index contributed by atoms with van der Waals surface area (Å²) in [5.74, 6) is 0. The first kappa shape index (κ1) is 18.1. The van der Waals surface area contributed by atoms with E-state index in [0.717, 1.165) is 12.2 Å². The second-order valence-corrected chi connectivity index (χ2v) is 8.56. The summed E-state index contributed by atoms with van der Waals surface area (Å²) in [6.07, 6.45) is 1.89. The Morgan fingerprint density at radius 1 is 1.00 bits per heavy atom. The Bertz CT molecular complexity index is 875. The molecule has 1 aliphatic rings. The van der Waals surface area contributed by atoms with E-state index in [1.54, 1.807) is 29.9 Å². The lowest BCUT2D eigenvalue weighted by Gasteiger charge is -2.33. The summed E-state index contributed by atoms with van der Waals surface area (Å²) < 4.78 is 31.1. The van der Waals surface area contributed by atoms with E-state index in [1.807, 2.05) is 17.9 Å². The molecule has 1 saturated heterocycles. The highest BCUT2D eigenvalue weighted by Gasteiger charge is 2.33. The van der Waals surface area contributed by atoms with E-state index in [1.165, 1.54) is 5.56 Å². The number of piperazine rings is 1. The molecule has 2 aromatic heterocycles. The monoisotopic (exact) mass is 366 g/mol. The Balaban J connectivity index is 1.70. The number of hydrogen-bond donors (Lipinski definition) is 0. The summed E-state index contributed by atoms with van der Waals surface area (Å²) in [7, 11) is 0.210. The van der Waals surface area contributed by atoms with Gasteiger partial charge in [-0.05, 0) is 20.8 Å². The van der Waals surface area contributed by atoms with Crippen LogP contribution in [0.3, 0.4) is 0 Å². The van der Waals surface area contributed by atoms with Gasteiger partial charge in [0.2, 0.25) is 10.0 Å². The first-order valence-electron chi connectivity index (χ1n) is 8.42. The molecule has 3 rings (SSSR count). The fourth-order valence-electron chi connectivity index (χ4n) is 3.32. The lowest BCUT2D eigenvalue weighted by molar-refractivity contribution is 0.181. The van der Waals surface area contributed by atoms with Gasteiger partial charge in [-0.1, -0.05) is 0 Å². The van der Waals surface area contributed by atoms with Gasteiger partial charge in [0.25, 0.3) is 0 Å². The molecule has 0 N–H and O–H groups in total. The van der Waals surface area contributed by atoms with Crippen LogP contribution in [0.4, 0.5) is 0 Å². The number of rotatable bonds is 4. The molecule has 0 atom stereocenters. The van der Waals surface area contributed by atoms with Crippen LogP contribution in [0, 0.1) is 20.8 Å². The van der Waals surface area contributed by atoms with Crippen LogP contribution in [0.25, 0.3) is 0 Å². The van der Waals surface area contributed by atoms with Gasteiger partial charge in [-0.25, -0.2) is 8.42 Å². The van der Waals surface area contributed by atoms with Crippen LogP contribution in [-0.4, -0.2) is 63.4 Å². The molecule has 0 amide bonds.